The Kier molecular flexibility index (Phi) is 6.76. The molecule has 4 heterocycles. The fourth-order valence-electron chi connectivity index (χ4n) is 5.69. The van der Waals surface area contributed by atoms with Crippen LogP contribution in [0.4, 0.5) is 0 Å². The van der Waals surface area contributed by atoms with Crippen molar-refractivity contribution in [2.45, 2.75) is 44.7 Å². The third-order valence-corrected chi connectivity index (χ3v) is 7.72. The number of nitrogens with one attached hydrogen (secondary N) is 2. The van der Waals surface area contributed by atoms with E-state index >= 15 is 0 Å². The zero-order valence-electron chi connectivity index (χ0n) is 19.6. The molecule has 0 aliphatic carbocycles. The highest BCUT2D eigenvalue weighted by Gasteiger charge is 2.45. The van der Waals surface area contributed by atoms with Crippen molar-refractivity contribution in [1.82, 2.24) is 25.3 Å². The Morgan fingerprint density at radius 3 is 2.38 bits per heavy atom. The molecule has 4 aliphatic heterocycles. The molecular formula is C25H33N5O4. The van der Waals surface area contributed by atoms with Gasteiger partial charge in [0.05, 0.1) is 11.1 Å². The molecule has 0 radical (unpaired) electrons. The Hall–Kier alpha value is -2.62. The predicted molar refractivity (Wildman–Crippen MR) is 125 cm³/mol. The van der Waals surface area contributed by atoms with E-state index < -0.39 is 23.8 Å². The number of nitrogens with zero attached hydrogens (tertiary/aromatic N) is 3. The van der Waals surface area contributed by atoms with Gasteiger partial charge in [-0.1, -0.05) is 12.1 Å². The average molecular weight is 468 g/mol. The quantitative estimate of drug-likeness (QED) is 0.591. The third-order valence-electron chi connectivity index (χ3n) is 7.72. The first-order valence-corrected chi connectivity index (χ1v) is 12.5. The van der Waals surface area contributed by atoms with Crippen molar-refractivity contribution in [3.05, 3.63) is 34.9 Å². The number of likely N-dealkylation sites (tertiary alicyclic amines) is 1. The van der Waals surface area contributed by atoms with Gasteiger partial charge in [-0.05, 0) is 62.9 Å². The molecule has 1 aromatic carbocycles. The van der Waals surface area contributed by atoms with E-state index in [-0.39, 0.29) is 18.7 Å². The minimum Gasteiger partial charge on any atom is -0.314 e. The molecule has 9 heteroatoms. The lowest BCUT2D eigenvalue weighted by molar-refractivity contribution is -0.136. The molecule has 3 fully saturated rings. The molecule has 0 aromatic heterocycles. The highest BCUT2D eigenvalue weighted by molar-refractivity contribution is 6.24. The summed E-state index contributed by atoms with van der Waals surface area (Å²) in [6.45, 7) is 8.20. The largest absolute Gasteiger partial charge is 0.314 e. The lowest BCUT2D eigenvalue weighted by Crippen LogP contribution is -2.54. The molecule has 5 rings (SSSR count). The van der Waals surface area contributed by atoms with E-state index in [1.54, 1.807) is 6.07 Å². The molecule has 1 atom stereocenters. The van der Waals surface area contributed by atoms with Crippen LogP contribution in [0.3, 0.4) is 0 Å². The summed E-state index contributed by atoms with van der Waals surface area (Å²) in [5.74, 6) is -1.07. The smallest absolute Gasteiger partial charge is 0.262 e. The zero-order valence-corrected chi connectivity index (χ0v) is 19.6. The van der Waals surface area contributed by atoms with Crippen LogP contribution in [0.2, 0.25) is 0 Å². The molecule has 0 bridgehead atoms. The number of rotatable bonds is 6. The van der Waals surface area contributed by atoms with Crippen molar-refractivity contribution >= 4 is 23.6 Å². The molecule has 4 amide bonds. The Morgan fingerprint density at radius 1 is 0.882 bits per heavy atom. The number of amides is 4. The van der Waals surface area contributed by atoms with Gasteiger partial charge in [0.2, 0.25) is 11.8 Å². The minimum atomic E-state index is -0.926. The van der Waals surface area contributed by atoms with E-state index in [0.29, 0.717) is 17.7 Å². The normalized spacial score (nSPS) is 25.1. The maximum Gasteiger partial charge on any atom is 0.262 e. The molecule has 9 nitrogen and oxygen atoms in total. The average Bonchev–Trinajstić information content (AvgIpc) is 3.10. The second-order valence-electron chi connectivity index (χ2n) is 9.89. The number of fused-ring (bicyclic) bond motifs is 1. The number of piperidine rings is 2. The monoisotopic (exact) mass is 467 g/mol. The topological polar surface area (TPSA) is 102 Å². The maximum atomic E-state index is 13.3. The molecule has 4 aliphatic rings. The molecule has 0 spiro atoms. The van der Waals surface area contributed by atoms with Gasteiger partial charge in [-0.3, -0.25) is 34.3 Å². The maximum absolute atomic E-state index is 13.3. The van der Waals surface area contributed by atoms with Crippen molar-refractivity contribution < 1.29 is 19.2 Å². The van der Waals surface area contributed by atoms with Crippen LogP contribution in [-0.2, 0) is 16.1 Å². The van der Waals surface area contributed by atoms with E-state index in [4.69, 9.17) is 0 Å². The van der Waals surface area contributed by atoms with Crippen LogP contribution in [0.15, 0.2) is 18.2 Å². The second kappa shape index (κ2) is 9.93. The van der Waals surface area contributed by atoms with E-state index in [9.17, 15) is 19.2 Å². The van der Waals surface area contributed by atoms with Crippen LogP contribution in [0.5, 0.6) is 0 Å². The summed E-state index contributed by atoms with van der Waals surface area (Å²) in [6.07, 6.45) is 3.84. The van der Waals surface area contributed by atoms with Crippen molar-refractivity contribution in [3.63, 3.8) is 0 Å². The third kappa shape index (κ3) is 4.64. The molecule has 0 saturated carbocycles. The summed E-state index contributed by atoms with van der Waals surface area (Å²) >= 11 is 0. The first kappa shape index (κ1) is 23.1. The molecule has 3 saturated heterocycles. The number of imide groups is 2. The van der Waals surface area contributed by atoms with Gasteiger partial charge in [0.15, 0.2) is 0 Å². The van der Waals surface area contributed by atoms with Gasteiger partial charge in [-0.25, -0.2) is 0 Å². The lowest BCUT2D eigenvalue weighted by Gasteiger charge is -2.34. The van der Waals surface area contributed by atoms with Crippen LogP contribution in [0.1, 0.15) is 58.4 Å². The number of piperazine rings is 1. The van der Waals surface area contributed by atoms with Crippen LogP contribution < -0.4 is 10.6 Å². The fraction of sp³-hybridized carbons (Fsp3) is 0.600. The van der Waals surface area contributed by atoms with Crippen LogP contribution >= 0.6 is 0 Å². The number of carbonyl (C=O) groups is 4. The van der Waals surface area contributed by atoms with Crippen molar-refractivity contribution in [2.75, 3.05) is 45.8 Å². The van der Waals surface area contributed by atoms with Crippen molar-refractivity contribution in [3.8, 4) is 0 Å². The van der Waals surface area contributed by atoms with Gasteiger partial charge in [0.25, 0.3) is 11.8 Å². The highest BCUT2D eigenvalue weighted by Crippen LogP contribution is 2.31. The second-order valence-corrected chi connectivity index (χ2v) is 9.89. The van der Waals surface area contributed by atoms with Gasteiger partial charge in [-0.15, -0.1) is 0 Å². The van der Waals surface area contributed by atoms with Crippen LogP contribution in [0, 0.1) is 5.92 Å². The fourth-order valence-corrected chi connectivity index (χ4v) is 5.69. The van der Waals surface area contributed by atoms with Crippen LogP contribution in [-0.4, -0.2) is 90.2 Å². The Bertz CT molecular complexity index is 982. The predicted octanol–water partition coefficient (Wildman–Crippen LogP) is 0.595. The first-order valence-electron chi connectivity index (χ1n) is 12.5. The van der Waals surface area contributed by atoms with Crippen molar-refractivity contribution in [2.24, 2.45) is 5.92 Å². The molecule has 1 aromatic rings. The minimum absolute atomic E-state index is 0.125. The molecule has 1 unspecified atom stereocenters. The zero-order chi connectivity index (χ0) is 23.7. The van der Waals surface area contributed by atoms with E-state index in [2.05, 4.69) is 20.4 Å². The van der Waals surface area contributed by atoms with Gasteiger partial charge in [0.1, 0.15) is 6.04 Å². The summed E-state index contributed by atoms with van der Waals surface area (Å²) in [6, 6.07) is 4.46. The highest BCUT2D eigenvalue weighted by atomic mass is 16.2. The Balaban J connectivity index is 1.20. The molecule has 182 valence electrons. The van der Waals surface area contributed by atoms with Gasteiger partial charge < -0.3 is 10.2 Å². The molecule has 34 heavy (non-hydrogen) atoms. The Labute approximate surface area is 199 Å². The number of benzene rings is 1. The Morgan fingerprint density at radius 2 is 1.65 bits per heavy atom. The van der Waals surface area contributed by atoms with Gasteiger partial charge in [0, 0.05) is 39.1 Å². The number of carbonyl (C=O) groups excluding carboxylic acids is 4. The summed E-state index contributed by atoms with van der Waals surface area (Å²) in [5.41, 5.74) is 1.61. The molecule has 2 N–H and O–H groups in total. The van der Waals surface area contributed by atoms with E-state index in [0.717, 1.165) is 68.5 Å². The van der Waals surface area contributed by atoms with Gasteiger partial charge in [-0.2, -0.15) is 0 Å². The number of hydrogen-bond acceptors (Lipinski definition) is 7. The van der Waals surface area contributed by atoms with Gasteiger partial charge >= 0.3 is 0 Å². The van der Waals surface area contributed by atoms with Crippen molar-refractivity contribution in [1.29, 1.82) is 0 Å². The summed E-state index contributed by atoms with van der Waals surface area (Å²) in [7, 11) is 0. The summed E-state index contributed by atoms with van der Waals surface area (Å²) in [4.78, 5) is 56.1. The molecular weight excluding hydrogens is 434 g/mol. The number of hydrogen-bond donors (Lipinski definition) is 2. The lowest BCUT2D eigenvalue weighted by atomic mass is 9.92. The van der Waals surface area contributed by atoms with E-state index in [1.807, 2.05) is 12.1 Å². The summed E-state index contributed by atoms with van der Waals surface area (Å²) < 4.78 is 0. The SMILES string of the molecule is O=C1CCC(N2C(=O)c3cccc(CN4CCC(CCN5CCNCC5)CC4)c3C2=O)C(=O)N1. The first-order chi connectivity index (χ1) is 16.5. The summed E-state index contributed by atoms with van der Waals surface area (Å²) in [5, 5.41) is 5.65. The van der Waals surface area contributed by atoms with E-state index in [1.165, 1.54) is 13.0 Å². The standard InChI is InChI=1S/C25H33N5O4/c31-21-5-4-20(23(32)27-21)30-24(33)19-3-1-2-18(22(19)25(30)34)16-29-12-7-17(8-13-29)6-11-28-14-9-26-10-15-28/h1-3,17,20,26H,4-16H2,(H,27,31,32). The van der Waals surface area contributed by atoms with Crippen LogP contribution in [0.25, 0.3) is 0 Å².